The van der Waals surface area contributed by atoms with E-state index < -0.39 is 5.76 Å². The van der Waals surface area contributed by atoms with Crippen LogP contribution in [0.25, 0.3) is 0 Å². The van der Waals surface area contributed by atoms with Crippen molar-refractivity contribution in [2.45, 2.75) is 0 Å². The smallest absolute Gasteiger partial charge is 0.273 e. The summed E-state index contributed by atoms with van der Waals surface area (Å²) in [7, 11) is 0. The molecule has 0 aliphatic carbocycles. The van der Waals surface area contributed by atoms with E-state index in [0.29, 0.717) is 5.75 Å². The fraction of sp³-hybridized carbons (Fsp3) is 0. The fourth-order valence-electron chi connectivity index (χ4n) is 1.03. The zero-order valence-electron chi connectivity index (χ0n) is 7.68. The Morgan fingerprint density at radius 2 is 1.87 bits per heavy atom. The predicted molar refractivity (Wildman–Crippen MR) is 51.7 cm³/mol. The molecule has 1 heterocycles. The Kier molecular flexibility index (Phi) is 2.37. The molecule has 0 aromatic heterocycles. The largest absolute Gasteiger partial charge is 0.502 e. The summed E-state index contributed by atoms with van der Waals surface area (Å²) in [5.41, 5.74) is 2.32. The van der Waals surface area contributed by atoms with Crippen molar-refractivity contribution in [2.75, 3.05) is 0 Å². The summed E-state index contributed by atoms with van der Waals surface area (Å²) in [6.07, 6.45) is 0.965. The molecule has 0 atom stereocenters. The molecule has 1 aromatic carbocycles. The maximum absolute atomic E-state index is 9.39. The third kappa shape index (κ3) is 1.96. The van der Waals surface area contributed by atoms with E-state index in [1.54, 1.807) is 24.3 Å². The summed E-state index contributed by atoms with van der Waals surface area (Å²) in [6, 6.07) is 8.82. The Morgan fingerprint density at radius 1 is 1.13 bits per heavy atom. The first-order valence-corrected chi connectivity index (χ1v) is 4.24. The Labute approximate surface area is 85.8 Å². The van der Waals surface area contributed by atoms with Crippen LogP contribution in [0, 0.1) is 0 Å². The van der Waals surface area contributed by atoms with Crippen LogP contribution in [-0.2, 0) is 4.84 Å². The second kappa shape index (κ2) is 3.83. The highest BCUT2D eigenvalue weighted by Gasteiger charge is 2.17. The number of hydroxylamine groups is 1. The molecule has 0 saturated heterocycles. The normalized spacial score (nSPS) is 15.1. The molecular weight excluding hydrogens is 198 g/mol. The summed E-state index contributed by atoms with van der Waals surface area (Å²) in [4.78, 5) is 4.63. The number of benzene rings is 1. The van der Waals surface area contributed by atoms with Crippen LogP contribution < -0.4 is 10.2 Å². The molecule has 0 bridgehead atoms. The summed E-state index contributed by atoms with van der Waals surface area (Å²) in [6.45, 7) is 0. The van der Waals surface area contributed by atoms with E-state index in [0.717, 1.165) is 6.26 Å². The number of ether oxygens (including phenoxy) is 1. The second-order valence-corrected chi connectivity index (χ2v) is 2.82. The van der Waals surface area contributed by atoms with Gasteiger partial charge in [-0.1, -0.05) is 18.2 Å². The molecule has 2 rings (SSSR count). The third-order valence-corrected chi connectivity index (χ3v) is 1.74. The minimum atomic E-state index is -0.398. The molecule has 0 spiro atoms. The van der Waals surface area contributed by atoms with Gasteiger partial charge in [0.05, 0.1) is 0 Å². The number of para-hydroxylation sites is 1. The van der Waals surface area contributed by atoms with Gasteiger partial charge >= 0.3 is 0 Å². The van der Waals surface area contributed by atoms with Gasteiger partial charge in [-0.15, -0.1) is 0 Å². The maximum atomic E-state index is 9.39. The SMILES string of the molecule is OC1=CONC(Oc2ccccc2)=C1O. The zero-order valence-corrected chi connectivity index (χ0v) is 7.68. The van der Waals surface area contributed by atoms with Gasteiger partial charge in [0.1, 0.15) is 5.75 Å². The van der Waals surface area contributed by atoms with Gasteiger partial charge in [0, 0.05) is 0 Å². The molecule has 0 fully saturated rings. The summed E-state index contributed by atoms with van der Waals surface area (Å²) in [5.74, 6) is -0.323. The molecule has 5 heteroatoms. The Morgan fingerprint density at radius 3 is 2.60 bits per heavy atom. The van der Waals surface area contributed by atoms with Crippen LogP contribution in [-0.4, -0.2) is 10.2 Å². The van der Waals surface area contributed by atoms with Gasteiger partial charge in [0.15, 0.2) is 6.26 Å². The van der Waals surface area contributed by atoms with Crippen LogP contribution in [0.2, 0.25) is 0 Å². The lowest BCUT2D eigenvalue weighted by Gasteiger charge is -2.16. The molecule has 15 heavy (non-hydrogen) atoms. The molecule has 3 N–H and O–H groups in total. The predicted octanol–water partition coefficient (Wildman–Crippen LogP) is 1.73. The second-order valence-electron chi connectivity index (χ2n) is 2.82. The lowest BCUT2D eigenvalue weighted by atomic mass is 10.3. The summed E-state index contributed by atoms with van der Waals surface area (Å²) in [5, 5.41) is 18.5. The van der Waals surface area contributed by atoms with Gasteiger partial charge in [0.2, 0.25) is 11.5 Å². The number of hydrogen-bond donors (Lipinski definition) is 3. The number of rotatable bonds is 2. The van der Waals surface area contributed by atoms with E-state index in [2.05, 4.69) is 10.3 Å². The number of nitrogens with one attached hydrogen (secondary N) is 1. The van der Waals surface area contributed by atoms with E-state index >= 15 is 0 Å². The standard InChI is InChI=1S/C10H9NO4/c12-8-6-14-11-10(9(8)13)15-7-4-2-1-3-5-7/h1-6,11-13H. The molecule has 0 amide bonds. The van der Waals surface area contributed by atoms with Crippen LogP contribution in [0.4, 0.5) is 0 Å². The topological polar surface area (TPSA) is 71.0 Å². The van der Waals surface area contributed by atoms with Crippen molar-refractivity contribution in [3.05, 3.63) is 54.0 Å². The first-order chi connectivity index (χ1) is 7.27. The van der Waals surface area contributed by atoms with Crippen molar-refractivity contribution < 1.29 is 19.8 Å². The van der Waals surface area contributed by atoms with Gasteiger partial charge in [-0.3, -0.25) is 0 Å². The molecule has 1 aliphatic rings. The van der Waals surface area contributed by atoms with Crippen LogP contribution >= 0.6 is 0 Å². The number of aliphatic hydroxyl groups excluding tert-OH is 2. The molecule has 0 unspecified atom stereocenters. The first-order valence-electron chi connectivity index (χ1n) is 4.24. The van der Waals surface area contributed by atoms with E-state index in [1.165, 1.54) is 0 Å². The third-order valence-electron chi connectivity index (χ3n) is 1.74. The van der Waals surface area contributed by atoms with Gasteiger partial charge in [-0.25, -0.2) is 0 Å². The monoisotopic (exact) mass is 207 g/mol. The highest BCUT2D eigenvalue weighted by Crippen LogP contribution is 2.17. The van der Waals surface area contributed by atoms with E-state index in [1.807, 2.05) is 6.07 Å². The maximum Gasteiger partial charge on any atom is 0.273 e. The lowest BCUT2D eigenvalue weighted by Crippen LogP contribution is -2.23. The Hall–Kier alpha value is -2.30. The minimum absolute atomic E-state index is 0.0544. The number of hydrogen-bond acceptors (Lipinski definition) is 5. The van der Waals surface area contributed by atoms with Crippen molar-refractivity contribution in [2.24, 2.45) is 0 Å². The summed E-state index contributed by atoms with van der Waals surface area (Å²) < 4.78 is 5.23. The molecule has 1 aliphatic heterocycles. The molecule has 1 aromatic rings. The van der Waals surface area contributed by atoms with Crippen molar-refractivity contribution in [3.63, 3.8) is 0 Å². The van der Waals surface area contributed by atoms with Crippen LogP contribution in [0.5, 0.6) is 5.75 Å². The molecular formula is C10H9NO4. The average Bonchev–Trinajstić information content (AvgIpc) is 2.26. The van der Waals surface area contributed by atoms with Crippen LogP contribution in [0.15, 0.2) is 54.0 Å². The van der Waals surface area contributed by atoms with Crippen molar-refractivity contribution in [3.8, 4) is 5.75 Å². The van der Waals surface area contributed by atoms with E-state index in [4.69, 9.17) is 9.84 Å². The highest BCUT2D eigenvalue weighted by molar-refractivity contribution is 5.27. The van der Waals surface area contributed by atoms with Gasteiger partial charge in [-0.05, 0) is 12.1 Å². The first kappa shape index (κ1) is 9.26. The molecule has 0 saturated carbocycles. The summed E-state index contributed by atoms with van der Waals surface area (Å²) >= 11 is 0. The minimum Gasteiger partial charge on any atom is -0.502 e. The Balaban J connectivity index is 2.19. The molecule has 0 radical (unpaired) electrons. The highest BCUT2D eigenvalue weighted by atomic mass is 16.7. The molecule has 78 valence electrons. The van der Waals surface area contributed by atoms with Gasteiger partial charge in [-0.2, -0.15) is 5.48 Å². The van der Waals surface area contributed by atoms with Gasteiger partial charge < -0.3 is 19.8 Å². The lowest BCUT2D eigenvalue weighted by molar-refractivity contribution is 0.0844. The van der Waals surface area contributed by atoms with E-state index in [-0.39, 0.29) is 11.6 Å². The average molecular weight is 207 g/mol. The quantitative estimate of drug-likeness (QED) is 0.688. The Bertz CT molecular complexity index is 411. The molecule has 5 nitrogen and oxygen atoms in total. The van der Waals surface area contributed by atoms with Crippen molar-refractivity contribution in [1.29, 1.82) is 0 Å². The van der Waals surface area contributed by atoms with Gasteiger partial charge in [0.25, 0.3) is 5.88 Å². The fourth-order valence-corrected chi connectivity index (χ4v) is 1.03. The van der Waals surface area contributed by atoms with E-state index in [9.17, 15) is 5.11 Å². The van der Waals surface area contributed by atoms with Crippen LogP contribution in [0.3, 0.4) is 0 Å². The van der Waals surface area contributed by atoms with Crippen molar-refractivity contribution >= 4 is 0 Å². The number of aliphatic hydroxyl groups is 2. The van der Waals surface area contributed by atoms with Crippen LogP contribution in [0.1, 0.15) is 0 Å². The zero-order chi connectivity index (χ0) is 10.7. The van der Waals surface area contributed by atoms with Crippen molar-refractivity contribution in [1.82, 2.24) is 5.48 Å².